The number of hydrogen-bond acceptors (Lipinski definition) is 2. The molecule has 22 heavy (non-hydrogen) atoms. The summed E-state index contributed by atoms with van der Waals surface area (Å²) in [5, 5.41) is 3.91. The number of halogens is 2. The summed E-state index contributed by atoms with van der Waals surface area (Å²) in [6, 6.07) is 13.0. The summed E-state index contributed by atoms with van der Waals surface area (Å²) in [6.07, 6.45) is 0.909. The number of carbonyl (C=O) groups is 1. The number of rotatable bonds is 6. The van der Waals surface area contributed by atoms with Crippen molar-refractivity contribution in [2.24, 2.45) is 0 Å². The van der Waals surface area contributed by atoms with E-state index in [-0.39, 0.29) is 5.91 Å². The van der Waals surface area contributed by atoms with Crippen LogP contribution in [0.3, 0.4) is 0 Å². The topological polar surface area (TPSA) is 38.3 Å². The Bertz CT molecular complexity index is 659. The zero-order valence-corrected chi connectivity index (χ0v) is 13.7. The van der Waals surface area contributed by atoms with E-state index in [0.717, 1.165) is 16.9 Å². The van der Waals surface area contributed by atoms with Crippen LogP contribution in [-0.2, 0) is 17.8 Å². The van der Waals surface area contributed by atoms with Crippen LogP contribution in [0.1, 0.15) is 17.5 Å². The molecule has 1 amide bonds. The highest BCUT2D eigenvalue weighted by molar-refractivity contribution is 6.42. The van der Waals surface area contributed by atoms with E-state index in [1.807, 2.05) is 36.4 Å². The number of hydrogen-bond donors (Lipinski definition) is 1. The van der Waals surface area contributed by atoms with E-state index < -0.39 is 0 Å². The first-order chi connectivity index (χ1) is 10.6. The first-order valence-corrected chi connectivity index (χ1v) is 7.69. The molecule has 2 aromatic carbocycles. The van der Waals surface area contributed by atoms with E-state index in [1.165, 1.54) is 0 Å². The number of methoxy groups -OCH3 is 1. The fourth-order valence-electron chi connectivity index (χ4n) is 2.12. The van der Waals surface area contributed by atoms with Crippen molar-refractivity contribution in [3.8, 4) is 5.75 Å². The number of aryl methyl sites for hydroxylation is 1. The van der Waals surface area contributed by atoms with Gasteiger partial charge in [-0.25, -0.2) is 0 Å². The Kier molecular flexibility index (Phi) is 6.10. The molecule has 0 aliphatic carbocycles. The maximum Gasteiger partial charge on any atom is 0.220 e. The molecule has 0 saturated carbocycles. The van der Waals surface area contributed by atoms with Gasteiger partial charge in [-0.05, 0) is 24.1 Å². The average molecular weight is 338 g/mol. The fraction of sp³-hybridized carbons (Fsp3) is 0.235. The Morgan fingerprint density at radius 3 is 2.59 bits per heavy atom. The molecule has 116 valence electrons. The molecule has 0 spiro atoms. The fourth-order valence-corrected chi connectivity index (χ4v) is 2.54. The van der Waals surface area contributed by atoms with Gasteiger partial charge in [0.05, 0.1) is 17.2 Å². The molecule has 0 saturated heterocycles. The van der Waals surface area contributed by atoms with Gasteiger partial charge >= 0.3 is 0 Å². The maximum atomic E-state index is 12.0. The lowest BCUT2D eigenvalue weighted by atomic mass is 10.1. The summed E-state index contributed by atoms with van der Waals surface area (Å²) in [7, 11) is 1.61. The van der Waals surface area contributed by atoms with Crippen molar-refractivity contribution in [3.05, 3.63) is 63.6 Å². The van der Waals surface area contributed by atoms with Crippen LogP contribution in [0.25, 0.3) is 0 Å². The third kappa shape index (κ3) is 4.39. The van der Waals surface area contributed by atoms with Gasteiger partial charge in [0.2, 0.25) is 5.91 Å². The van der Waals surface area contributed by atoms with Crippen LogP contribution in [0.5, 0.6) is 5.75 Å². The molecule has 0 aromatic heterocycles. The Morgan fingerprint density at radius 1 is 1.09 bits per heavy atom. The summed E-state index contributed by atoms with van der Waals surface area (Å²) in [4.78, 5) is 12.0. The number of para-hydroxylation sites is 1. The zero-order chi connectivity index (χ0) is 15.9. The third-order valence-corrected chi connectivity index (χ3v) is 4.18. The molecule has 3 nitrogen and oxygen atoms in total. The lowest BCUT2D eigenvalue weighted by molar-refractivity contribution is -0.121. The standard InChI is InChI=1S/C17H17Cl2NO2/c1-22-15-8-3-2-5-13(15)11-20-16(21)10-9-12-6-4-7-14(18)17(12)19/h2-8H,9-11H2,1H3,(H,20,21). The van der Waals surface area contributed by atoms with E-state index in [2.05, 4.69) is 5.32 Å². The van der Waals surface area contributed by atoms with Crippen molar-refractivity contribution in [1.82, 2.24) is 5.32 Å². The molecule has 0 aliphatic rings. The molecule has 1 N–H and O–H groups in total. The molecule has 0 unspecified atom stereocenters. The molecule has 5 heteroatoms. The largest absolute Gasteiger partial charge is 0.496 e. The minimum absolute atomic E-state index is 0.0399. The third-order valence-electron chi connectivity index (χ3n) is 3.32. The maximum absolute atomic E-state index is 12.0. The Labute approximate surface area is 140 Å². The highest BCUT2D eigenvalue weighted by Crippen LogP contribution is 2.26. The van der Waals surface area contributed by atoms with E-state index in [9.17, 15) is 4.79 Å². The van der Waals surface area contributed by atoms with Crippen LogP contribution >= 0.6 is 23.2 Å². The highest BCUT2D eigenvalue weighted by atomic mass is 35.5. The highest BCUT2D eigenvalue weighted by Gasteiger charge is 2.08. The van der Waals surface area contributed by atoms with Gasteiger partial charge in [-0.1, -0.05) is 53.5 Å². The molecule has 0 atom stereocenters. The Morgan fingerprint density at radius 2 is 1.82 bits per heavy atom. The molecule has 0 aliphatic heterocycles. The van der Waals surface area contributed by atoms with Crippen LogP contribution in [0, 0.1) is 0 Å². The minimum Gasteiger partial charge on any atom is -0.496 e. The van der Waals surface area contributed by atoms with Gasteiger partial charge in [-0.15, -0.1) is 0 Å². The van der Waals surface area contributed by atoms with Gasteiger partial charge in [-0.2, -0.15) is 0 Å². The molecule has 0 heterocycles. The predicted molar refractivity (Wildman–Crippen MR) is 89.6 cm³/mol. The monoisotopic (exact) mass is 337 g/mol. The van der Waals surface area contributed by atoms with E-state index in [0.29, 0.717) is 29.4 Å². The number of amides is 1. The van der Waals surface area contributed by atoms with Crippen LogP contribution in [0.15, 0.2) is 42.5 Å². The smallest absolute Gasteiger partial charge is 0.220 e. The molecular formula is C17H17Cl2NO2. The lowest BCUT2D eigenvalue weighted by Crippen LogP contribution is -2.23. The molecule has 0 fully saturated rings. The molecule has 2 aromatic rings. The molecule has 2 rings (SSSR count). The SMILES string of the molecule is COc1ccccc1CNC(=O)CCc1cccc(Cl)c1Cl. The quantitative estimate of drug-likeness (QED) is 0.855. The molecule has 0 bridgehead atoms. The second-order valence-corrected chi connectivity index (χ2v) is 5.59. The lowest BCUT2D eigenvalue weighted by Gasteiger charge is -2.10. The zero-order valence-electron chi connectivity index (χ0n) is 12.2. The number of nitrogens with one attached hydrogen (secondary N) is 1. The van der Waals surface area contributed by atoms with Crippen LogP contribution in [0.2, 0.25) is 10.0 Å². The van der Waals surface area contributed by atoms with Gasteiger partial charge < -0.3 is 10.1 Å². The molecule has 0 radical (unpaired) electrons. The van der Waals surface area contributed by atoms with Crippen molar-refractivity contribution >= 4 is 29.1 Å². The molecular weight excluding hydrogens is 321 g/mol. The summed E-state index contributed by atoms with van der Waals surface area (Å²) in [5.74, 6) is 0.725. The van der Waals surface area contributed by atoms with Crippen molar-refractivity contribution in [1.29, 1.82) is 0 Å². The Balaban J connectivity index is 1.87. The summed E-state index contributed by atoms with van der Waals surface area (Å²) in [6.45, 7) is 0.437. The average Bonchev–Trinajstić information content (AvgIpc) is 2.54. The Hall–Kier alpha value is -1.71. The number of benzene rings is 2. The first-order valence-electron chi connectivity index (χ1n) is 6.93. The normalized spacial score (nSPS) is 10.3. The second kappa shape index (κ2) is 8.06. The van der Waals surface area contributed by atoms with E-state index in [4.69, 9.17) is 27.9 Å². The van der Waals surface area contributed by atoms with Crippen molar-refractivity contribution in [2.45, 2.75) is 19.4 Å². The van der Waals surface area contributed by atoms with Crippen molar-refractivity contribution in [2.75, 3.05) is 7.11 Å². The summed E-state index contributed by atoms with van der Waals surface area (Å²) >= 11 is 12.1. The van der Waals surface area contributed by atoms with Gasteiger partial charge in [-0.3, -0.25) is 4.79 Å². The van der Waals surface area contributed by atoms with E-state index >= 15 is 0 Å². The summed E-state index contributed by atoms with van der Waals surface area (Å²) < 4.78 is 5.25. The second-order valence-electron chi connectivity index (χ2n) is 4.80. The van der Waals surface area contributed by atoms with Crippen molar-refractivity contribution < 1.29 is 9.53 Å². The van der Waals surface area contributed by atoms with Crippen LogP contribution in [0.4, 0.5) is 0 Å². The minimum atomic E-state index is -0.0399. The predicted octanol–water partition coefficient (Wildman–Crippen LogP) is 4.25. The number of ether oxygens (including phenoxy) is 1. The van der Waals surface area contributed by atoms with Gasteiger partial charge in [0.1, 0.15) is 5.75 Å². The van der Waals surface area contributed by atoms with Gasteiger partial charge in [0, 0.05) is 18.5 Å². The summed E-state index contributed by atoms with van der Waals surface area (Å²) in [5.41, 5.74) is 1.82. The first kappa shape index (κ1) is 16.7. The van der Waals surface area contributed by atoms with Crippen molar-refractivity contribution in [3.63, 3.8) is 0 Å². The van der Waals surface area contributed by atoms with E-state index in [1.54, 1.807) is 13.2 Å². The van der Waals surface area contributed by atoms with Crippen LogP contribution < -0.4 is 10.1 Å². The number of carbonyl (C=O) groups excluding carboxylic acids is 1. The van der Waals surface area contributed by atoms with Gasteiger partial charge in [0.15, 0.2) is 0 Å². The van der Waals surface area contributed by atoms with Gasteiger partial charge in [0.25, 0.3) is 0 Å². The van der Waals surface area contributed by atoms with Crippen LogP contribution in [-0.4, -0.2) is 13.0 Å².